The Labute approximate surface area is 118 Å². The van der Waals surface area contributed by atoms with E-state index in [1.807, 2.05) is 0 Å². The van der Waals surface area contributed by atoms with Gasteiger partial charge in [-0.3, -0.25) is 0 Å². The van der Waals surface area contributed by atoms with Crippen molar-refractivity contribution in [1.82, 2.24) is 4.31 Å². The Balaban J connectivity index is 1.99. The van der Waals surface area contributed by atoms with Gasteiger partial charge in [0.1, 0.15) is 10.7 Å². The summed E-state index contributed by atoms with van der Waals surface area (Å²) in [4.78, 5) is -0.279. The molecule has 0 spiro atoms. The van der Waals surface area contributed by atoms with Gasteiger partial charge in [-0.2, -0.15) is 4.31 Å². The van der Waals surface area contributed by atoms with Crippen molar-refractivity contribution in [3.63, 3.8) is 0 Å². The van der Waals surface area contributed by atoms with Crippen LogP contribution in [0.15, 0.2) is 23.1 Å². The van der Waals surface area contributed by atoms with Gasteiger partial charge in [0.05, 0.1) is 19.3 Å². The number of aryl methyl sites for hydroxylation is 1. The summed E-state index contributed by atoms with van der Waals surface area (Å²) in [5.41, 5.74) is 0.686. The Morgan fingerprint density at radius 1 is 1.35 bits per heavy atom. The molecule has 0 N–H and O–H groups in total. The van der Waals surface area contributed by atoms with Gasteiger partial charge in [0.15, 0.2) is 0 Å². The van der Waals surface area contributed by atoms with Crippen LogP contribution in [0.4, 0.5) is 4.39 Å². The maximum Gasteiger partial charge on any atom is 0.246 e. The van der Waals surface area contributed by atoms with Gasteiger partial charge in [-0.15, -0.1) is 0 Å². The lowest BCUT2D eigenvalue weighted by Crippen LogP contribution is -2.54. The highest BCUT2D eigenvalue weighted by Gasteiger charge is 2.38. The van der Waals surface area contributed by atoms with Crippen molar-refractivity contribution in [3.8, 4) is 0 Å². The first-order chi connectivity index (χ1) is 9.45. The van der Waals surface area contributed by atoms with Crippen LogP contribution >= 0.6 is 0 Å². The van der Waals surface area contributed by atoms with Crippen molar-refractivity contribution in [2.24, 2.45) is 0 Å². The van der Waals surface area contributed by atoms with Crippen molar-refractivity contribution in [2.45, 2.75) is 17.9 Å². The average molecular weight is 303 g/mol. The summed E-state index contributed by atoms with van der Waals surface area (Å²) in [5.74, 6) is -0.714. The number of rotatable bonds is 6. The fraction of sp³-hybridized carbons (Fsp3) is 0.538. The number of ether oxygens (including phenoxy) is 2. The van der Waals surface area contributed by atoms with Gasteiger partial charge in [0.2, 0.25) is 10.0 Å². The van der Waals surface area contributed by atoms with Crippen LogP contribution in [-0.2, 0) is 19.5 Å². The minimum absolute atomic E-state index is 0.145. The number of hydrogen-bond donors (Lipinski definition) is 0. The van der Waals surface area contributed by atoms with Crippen LogP contribution in [0.5, 0.6) is 0 Å². The Morgan fingerprint density at radius 2 is 2.05 bits per heavy atom. The Hall–Kier alpha value is -1.02. The lowest BCUT2D eigenvalue weighted by Gasteiger charge is -2.37. The minimum Gasteiger partial charge on any atom is -0.382 e. The predicted octanol–water partition coefficient (Wildman–Crippen LogP) is 1.17. The molecule has 1 aromatic carbocycles. The van der Waals surface area contributed by atoms with Crippen molar-refractivity contribution in [1.29, 1.82) is 0 Å². The fourth-order valence-electron chi connectivity index (χ4n) is 1.95. The maximum absolute atomic E-state index is 13.8. The summed E-state index contributed by atoms with van der Waals surface area (Å²) < 4.78 is 49.7. The summed E-state index contributed by atoms with van der Waals surface area (Å²) in [6.45, 7) is 3.10. The second kappa shape index (κ2) is 6.17. The van der Waals surface area contributed by atoms with Crippen LogP contribution in [0.2, 0.25) is 0 Å². The topological polar surface area (TPSA) is 55.8 Å². The zero-order valence-corrected chi connectivity index (χ0v) is 12.3. The van der Waals surface area contributed by atoms with E-state index in [0.717, 1.165) is 0 Å². The third kappa shape index (κ3) is 3.17. The second-order valence-corrected chi connectivity index (χ2v) is 6.65. The van der Waals surface area contributed by atoms with Gasteiger partial charge in [-0.1, -0.05) is 6.07 Å². The summed E-state index contributed by atoms with van der Waals surface area (Å²) in [7, 11) is -2.20. The average Bonchev–Trinajstić information content (AvgIpc) is 2.31. The molecule has 0 saturated carbocycles. The van der Waals surface area contributed by atoms with Crippen molar-refractivity contribution in [2.75, 3.05) is 33.4 Å². The number of methoxy groups -OCH3 is 1. The zero-order valence-electron chi connectivity index (χ0n) is 11.5. The molecular formula is C13H18FNO4S. The third-order valence-electron chi connectivity index (χ3n) is 3.16. The largest absolute Gasteiger partial charge is 0.382 e. The highest BCUT2D eigenvalue weighted by Crippen LogP contribution is 2.25. The van der Waals surface area contributed by atoms with Crippen molar-refractivity contribution < 1.29 is 22.3 Å². The molecule has 1 heterocycles. The van der Waals surface area contributed by atoms with E-state index in [4.69, 9.17) is 9.47 Å². The standard InChI is InChI=1S/C13H18FNO4S/c1-10-3-4-13(12(14)7-10)20(16,17)15-8-11(9-15)19-6-5-18-2/h3-4,7,11H,5-6,8-9H2,1-2H3. The van der Waals surface area contributed by atoms with Gasteiger partial charge in [-0.25, -0.2) is 12.8 Å². The first-order valence-corrected chi connectivity index (χ1v) is 7.76. The number of hydrogen-bond acceptors (Lipinski definition) is 4. The van der Waals surface area contributed by atoms with Crippen LogP contribution < -0.4 is 0 Å². The van der Waals surface area contributed by atoms with E-state index in [-0.39, 0.29) is 24.1 Å². The fourth-order valence-corrected chi connectivity index (χ4v) is 3.50. The molecule has 1 aliphatic rings. The smallest absolute Gasteiger partial charge is 0.246 e. The van der Waals surface area contributed by atoms with E-state index < -0.39 is 15.8 Å². The van der Waals surface area contributed by atoms with Crippen LogP contribution in [-0.4, -0.2) is 52.2 Å². The van der Waals surface area contributed by atoms with Crippen molar-refractivity contribution in [3.05, 3.63) is 29.6 Å². The molecule has 112 valence electrons. The first kappa shape index (κ1) is 15.4. The van der Waals surface area contributed by atoms with E-state index in [2.05, 4.69) is 0 Å². The van der Waals surface area contributed by atoms with E-state index in [1.54, 1.807) is 20.1 Å². The number of halogens is 1. The van der Waals surface area contributed by atoms with Gasteiger partial charge >= 0.3 is 0 Å². The van der Waals surface area contributed by atoms with Gasteiger partial charge in [0.25, 0.3) is 0 Å². The zero-order chi connectivity index (χ0) is 14.8. The predicted molar refractivity (Wildman–Crippen MR) is 71.5 cm³/mol. The Kier molecular flexibility index (Phi) is 4.74. The first-order valence-electron chi connectivity index (χ1n) is 6.32. The Bertz CT molecular complexity index is 570. The molecule has 1 aliphatic heterocycles. The maximum atomic E-state index is 13.8. The van der Waals surface area contributed by atoms with E-state index >= 15 is 0 Å². The van der Waals surface area contributed by atoms with Crippen molar-refractivity contribution >= 4 is 10.0 Å². The molecule has 1 fully saturated rings. The molecule has 0 bridgehead atoms. The molecule has 2 rings (SSSR count). The quantitative estimate of drug-likeness (QED) is 0.740. The molecule has 0 radical (unpaired) electrons. The van der Waals surface area contributed by atoms with E-state index in [0.29, 0.717) is 18.8 Å². The lowest BCUT2D eigenvalue weighted by atomic mass is 10.2. The minimum atomic E-state index is -3.77. The molecule has 7 heteroatoms. The molecule has 5 nitrogen and oxygen atoms in total. The highest BCUT2D eigenvalue weighted by molar-refractivity contribution is 7.89. The Morgan fingerprint density at radius 3 is 2.65 bits per heavy atom. The summed E-state index contributed by atoms with van der Waals surface area (Å²) in [6, 6.07) is 4.11. The molecule has 20 heavy (non-hydrogen) atoms. The van der Waals surface area contributed by atoms with Crippen LogP contribution in [0.1, 0.15) is 5.56 Å². The molecule has 0 aromatic heterocycles. The van der Waals surface area contributed by atoms with Gasteiger partial charge in [-0.05, 0) is 24.6 Å². The molecule has 1 saturated heterocycles. The lowest BCUT2D eigenvalue weighted by molar-refractivity contribution is -0.0380. The molecule has 0 atom stereocenters. The monoisotopic (exact) mass is 303 g/mol. The molecule has 0 unspecified atom stereocenters. The summed E-state index contributed by atoms with van der Waals surface area (Å²) in [5, 5.41) is 0. The third-order valence-corrected chi connectivity index (χ3v) is 5.03. The van der Waals surface area contributed by atoms with E-state index in [1.165, 1.54) is 16.4 Å². The SMILES string of the molecule is COCCOC1CN(S(=O)(=O)c2ccc(C)cc2F)C1. The molecule has 0 aliphatic carbocycles. The highest BCUT2D eigenvalue weighted by atomic mass is 32.2. The van der Waals surface area contributed by atoms with Crippen LogP contribution in [0, 0.1) is 12.7 Å². The second-order valence-electron chi connectivity index (χ2n) is 4.74. The van der Waals surface area contributed by atoms with Gasteiger partial charge < -0.3 is 9.47 Å². The summed E-state index contributed by atoms with van der Waals surface area (Å²) in [6.07, 6.45) is -0.145. The molecule has 1 aromatic rings. The van der Waals surface area contributed by atoms with E-state index in [9.17, 15) is 12.8 Å². The van der Waals surface area contributed by atoms with Crippen LogP contribution in [0.3, 0.4) is 0 Å². The van der Waals surface area contributed by atoms with Gasteiger partial charge in [0, 0.05) is 20.2 Å². The molecular weight excluding hydrogens is 285 g/mol. The summed E-state index contributed by atoms with van der Waals surface area (Å²) >= 11 is 0. The number of nitrogens with zero attached hydrogens (tertiary/aromatic N) is 1. The normalized spacial score (nSPS) is 17.1. The number of sulfonamides is 1. The molecule has 0 amide bonds. The van der Waals surface area contributed by atoms with Crippen LogP contribution in [0.25, 0.3) is 0 Å². The number of benzene rings is 1.